The summed E-state index contributed by atoms with van der Waals surface area (Å²) in [5.74, 6) is 0.413. The predicted molar refractivity (Wildman–Crippen MR) is 134 cm³/mol. The molecule has 1 heterocycles. The number of carboxylic acid groups (broad SMARTS) is 1. The fourth-order valence-corrected chi connectivity index (χ4v) is 5.13. The lowest BCUT2D eigenvalue weighted by atomic mass is 10.1. The van der Waals surface area contributed by atoms with Gasteiger partial charge in [0, 0.05) is 6.54 Å². The van der Waals surface area contributed by atoms with Crippen LogP contribution in [0.1, 0.15) is 22.3 Å². The topological polar surface area (TPSA) is 88.0 Å². The Morgan fingerprint density at radius 3 is 2.74 bits per heavy atom. The van der Waals surface area contributed by atoms with Crippen LogP contribution in [0.2, 0.25) is 0 Å². The number of fused-ring (bicyclic) bond motifs is 2. The van der Waals surface area contributed by atoms with Crippen molar-refractivity contribution in [3.63, 3.8) is 0 Å². The predicted octanol–water partition coefficient (Wildman–Crippen LogP) is 4.96. The maximum atomic E-state index is 12.4. The Kier molecular flexibility index (Phi) is 6.18. The summed E-state index contributed by atoms with van der Waals surface area (Å²) in [5, 5.41) is 15.1. The summed E-state index contributed by atoms with van der Waals surface area (Å²) in [6.07, 6.45) is 6.18. The summed E-state index contributed by atoms with van der Waals surface area (Å²) in [6.45, 7) is 0.272. The Morgan fingerprint density at radius 2 is 1.88 bits per heavy atom. The van der Waals surface area contributed by atoms with Crippen molar-refractivity contribution in [2.45, 2.75) is 24.3 Å². The maximum absolute atomic E-state index is 12.4. The second-order valence-electron chi connectivity index (χ2n) is 8.09. The molecule has 2 unspecified atom stereocenters. The SMILES string of the molecule is O=C(CC1=NC2C=CC(Oc3ccc4ccccc4c3)=CC2S1)NCc1cccc(C(=O)O)c1. The molecule has 1 aliphatic carbocycles. The standard InChI is InChI=1S/C27H22N2O4S/c30-25(28-16-17-4-3-7-20(12-17)27(31)32)15-26-29-23-11-10-22(14-24(23)34-26)33-21-9-8-18-5-1-2-6-19(18)13-21/h1-14,23-24H,15-16H2,(H,28,30)(H,31,32). The lowest BCUT2D eigenvalue weighted by molar-refractivity contribution is -0.120. The van der Waals surface area contributed by atoms with Crippen LogP contribution in [0.3, 0.4) is 0 Å². The normalized spacial score (nSPS) is 18.7. The lowest BCUT2D eigenvalue weighted by Gasteiger charge is -2.17. The zero-order valence-corrected chi connectivity index (χ0v) is 19.0. The van der Waals surface area contributed by atoms with Crippen LogP contribution >= 0.6 is 11.8 Å². The number of thioether (sulfide) groups is 1. The van der Waals surface area contributed by atoms with Crippen LogP contribution in [-0.2, 0) is 11.3 Å². The third kappa shape index (κ3) is 5.05. The molecule has 3 aromatic carbocycles. The number of aliphatic imine (C=N–C) groups is 1. The molecule has 0 spiro atoms. The van der Waals surface area contributed by atoms with Gasteiger partial charge in [-0.15, -0.1) is 11.8 Å². The Bertz CT molecular complexity index is 1360. The second-order valence-corrected chi connectivity index (χ2v) is 9.35. The molecule has 1 amide bonds. The summed E-state index contributed by atoms with van der Waals surface area (Å²) in [4.78, 5) is 28.2. The number of hydrogen-bond donors (Lipinski definition) is 2. The highest BCUT2D eigenvalue weighted by Gasteiger charge is 2.30. The van der Waals surface area contributed by atoms with Gasteiger partial charge in [0.1, 0.15) is 11.5 Å². The number of carbonyl (C=O) groups is 2. The number of benzene rings is 3. The number of rotatable bonds is 7. The molecule has 0 saturated heterocycles. The number of nitrogens with one attached hydrogen (secondary N) is 1. The number of carboxylic acids is 1. The molecule has 170 valence electrons. The van der Waals surface area contributed by atoms with E-state index in [9.17, 15) is 9.59 Å². The van der Waals surface area contributed by atoms with Crippen LogP contribution in [0.25, 0.3) is 10.8 Å². The van der Waals surface area contributed by atoms with E-state index in [1.165, 1.54) is 11.5 Å². The molecular formula is C27H22N2O4S. The van der Waals surface area contributed by atoms with E-state index in [0.717, 1.165) is 27.5 Å². The summed E-state index contributed by atoms with van der Waals surface area (Å²) >= 11 is 1.57. The van der Waals surface area contributed by atoms with Crippen LogP contribution in [0, 0.1) is 0 Å². The van der Waals surface area contributed by atoms with Crippen LogP contribution in [0.5, 0.6) is 5.75 Å². The second kappa shape index (κ2) is 9.57. The number of nitrogens with zero attached hydrogens (tertiary/aromatic N) is 1. The van der Waals surface area contributed by atoms with Crippen molar-refractivity contribution < 1.29 is 19.4 Å². The molecule has 0 aromatic heterocycles. The first-order chi connectivity index (χ1) is 16.5. The average Bonchev–Trinajstić information content (AvgIpc) is 3.24. The minimum absolute atomic E-state index is 0.0102. The van der Waals surface area contributed by atoms with Crippen LogP contribution in [-0.4, -0.2) is 33.3 Å². The molecule has 0 fully saturated rings. The van der Waals surface area contributed by atoms with Gasteiger partial charge in [0.15, 0.2) is 0 Å². The van der Waals surface area contributed by atoms with E-state index >= 15 is 0 Å². The number of aromatic carboxylic acids is 1. The van der Waals surface area contributed by atoms with E-state index in [1.807, 2.05) is 42.5 Å². The summed E-state index contributed by atoms with van der Waals surface area (Å²) in [7, 11) is 0. The zero-order chi connectivity index (χ0) is 23.5. The molecule has 34 heavy (non-hydrogen) atoms. The molecule has 2 atom stereocenters. The maximum Gasteiger partial charge on any atom is 0.335 e. The van der Waals surface area contributed by atoms with Crippen LogP contribution in [0.15, 0.2) is 95.7 Å². The average molecular weight is 471 g/mol. The molecule has 0 saturated carbocycles. The first-order valence-electron chi connectivity index (χ1n) is 10.9. The number of ether oxygens (including phenoxy) is 1. The minimum Gasteiger partial charge on any atom is -0.478 e. The van der Waals surface area contributed by atoms with E-state index < -0.39 is 5.97 Å². The molecular weight excluding hydrogens is 448 g/mol. The molecule has 0 bridgehead atoms. The van der Waals surface area contributed by atoms with Crippen molar-refractivity contribution >= 4 is 39.5 Å². The lowest BCUT2D eigenvalue weighted by Crippen LogP contribution is -2.24. The fourth-order valence-electron chi connectivity index (χ4n) is 3.93. The number of carbonyl (C=O) groups excluding carboxylic acids is 1. The summed E-state index contributed by atoms with van der Waals surface area (Å²) < 4.78 is 6.09. The summed E-state index contributed by atoms with van der Waals surface area (Å²) in [6, 6.07) is 20.7. The zero-order valence-electron chi connectivity index (χ0n) is 18.2. The Morgan fingerprint density at radius 1 is 1.03 bits per heavy atom. The third-order valence-electron chi connectivity index (χ3n) is 5.62. The van der Waals surface area contributed by atoms with Crippen molar-refractivity contribution in [3.05, 3.63) is 102 Å². The largest absolute Gasteiger partial charge is 0.478 e. The van der Waals surface area contributed by atoms with Gasteiger partial charge in [-0.25, -0.2) is 4.79 Å². The molecule has 2 aliphatic rings. The molecule has 5 rings (SSSR count). The third-order valence-corrected chi connectivity index (χ3v) is 6.83. The van der Waals surface area contributed by atoms with E-state index in [0.29, 0.717) is 0 Å². The van der Waals surface area contributed by atoms with Crippen molar-refractivity contribution in [2.75, 3.05) is 0 Å². The Labute approximate surface area is 201 Å². The van der Waals surface area contributed by atoms with Crippen molar-refractivity contribution in [2.24, 2.45) is 4.99 Å². The van der Waals surface area contributed by atoms with Crippen molar-refractivity contribution in [1.29, 1.82) is 0 Å². The fraction of sp³-hybridized carbons (Fsp3) is 0.148. The molecule has 0 radical (unpaired) electrons. The number of hydrogen-bond acceptors (Lipinski definition) is 5. The van der Waals surface area contributed by atoms with Gasteiger partial charge in [0.25, 0.3) is 0 Å². The quantitative estimate of drug-likeness (QED) is 0.510. The van der Waals surface area contributed by atoms with Crippen LogP contribution in [0.4, 0.5) is 0 Å². The van der Waals surface area contributed by atoms with Crippen molar-refractivity contribution in [1.82, 2.24) is 5.32 Å². The summed E-state index contributed by atoms with van der Waals surface area (Å²) in [5.41, 5.74) is 0.941. The van der Waals surface area contributed by atoms with Gasteiger partial charge >= 0.3 is 5.97 Å². The first-order valence-corrected chi connectivity index (χ1v) is 11.8. The molecule has 6 nitrogen and oxygen atoms in total. The first kappa shape index (κ1) is 22.0. The van der Waals surface area contributed by atoms with E-state index in [1.54, 1.807) is 30.0 Å². The highest BCUT2D eigenvalue weighted by atomic mass is 32.2. The van der Waals surface area contributed by atoms with Crippen LogP contribution < -0.4 is 10.1 Å². The van der Waals surface area contributed by atoms with E-state index in [2.05, 4.69) is 28.5 Å². The Balaban J connectivity index is 1.16. The molecule has 7 heteroatoms. The van der Waals surface area contributed by atoms with Gasteiger partial charge < -0.3 is 15.2 Å². The Hall–Kier alpha value is -3.84. The van der Waals surface area contributed by atoms with Gasteiger partial charge in [-0.05, 0) is 52.8 Å². The number of allylic oxidation sites excluding steroid dienone is 1. The van der Waals surface area contributed by atoms with Gasteiger partial charge in [-0.3, -0.25) is 9.79 Å². The smallest absolute Gasteiger partial charge is 0.335 e. The highest BCUT2D eigenvalue weighted by Crippen LogP contribution is 2.34. The van der Waals surface area contributed by atoms with E-state index in [4.69, 9.17) is 9.84 Å². The van der Waals surface area contributed by atoms with E-state index in [-0.39, 0.29) is 35.7 Å². The van der Waals surface area contributed by atoms with Gasteiger partial charge in [-0.1, -0.05) is 48.5 Å². The molecule has 3 aromatic rings. The monoisotopic (exact) mass is 470 g/mol. The van der Waals surface area contributed by atoms with Gasteiger partial charge in [-0.2, -0.15) is 0 Å². The number of amides is 1. The minimum atomic E-state index is -0.988. The highest BCUT2D eigenvalue weighted by molar-refractivity contribution is 8.15. The molecule has 1 aliphatic heterocycles. The van der Waals surface area contributed by atoms with Gasteiger partial charge in [0.05, 0.1) is 28.3 Å². The molecule has 2 N–H and O–H groups in total. The van der Waals surface area contributed by atoms with Crippen molar-refractivity contribution in [3.8, 4) is 5.75 Å². The van der Waals surface area contributed by atoms with Gasteiger partial charge in [0.2, 0.25) is 5.91 Å².